The molecule has 0 aromatic carbocycles. The van der Waals surface area contributed by atoms with Crippen LogP contribution in [0.25, 0.3) is 0 Å². The zero-order chi connectivity index (χ0) is 9.80. The minimum Gasteiger partial charge on any atom is -0.371 e. The SMILES string of the molecule is N#CCCc1csc(C2CCCO2)n1. The highest BCUT2D eigenvalue weighted by atomic mass is 32.1. The van der Waals surface area contributed by atoms with Crippen molar-refractivity contribution in [1.82, 2.24) is 4.98 Å². The Morgan fingerprint density at radius 3 is 3.36 bits per heavy atom. The summed E-state index contributed by atoms with van der Waals surface area (Å²) in [5.41, 5.74) is 1.03. The Balaban J connectivity index is 1.98. The summed E-state index contributed by atoms with van der Waals surface area (Å²) in [5.74, 6) is 0. The average molecular weight is 208 g/mol. The van der Waals surface area contributed by atoms with E-state index >= 15 is 0 Å². The van der Waals surface area contributed by atoms with Gasteiger partial charge in [-0.15, -0.1) is 11.3 Å². The lowest BCUT2D eigenvalue weighted by molar-refractivity contribution is 0.111. The summed E-state index contributed by atoms with van der Waals surface area (Å²) < 4.78 is 5.54. The van der Waals surface area contributed by atoms with E-state index in [1.165, 1.54) is 0 Å². The molecule has 0 bridgehead atoms. The number of aryl methyl sites for hydroxylation is 1. The number of hydrogen-bond donors (Lipinski definition) is 0. The molecule has 2 heterocycles. The fourth-order valence-corrected chi connectivity index (χ4v) is 2.48. The number of nitriles is 1. The summed E-state index contributed by atoms with van der Waals surface area (Å²) in [6.45, 7) is 0.859. The number of rotatable bonds is 3. The van der Waals surface area contributed by atoms with E-state index in [0.717, 1.165) is 36.6 Å². The molecule has 0 N–H and O–H groups in total. The fraction of sp³-hybridized carbons (Fsp3) is 0.600. The first-order valence-corrected chi connectivity index (χ1v) is 5.71. The van der Waals surface area contributed by atoms with Crippen LogP contribution in [0.1, 0.15) is 36.1 Å². The van der Waals surface area contributed by atoms with Gasteiger partial charge in [0.25, 0.3) is 0 Å². The van der Waals surface area contributed by atoms with Gasteiger partial charge in [0.2, 0.25) is 0 Å². The molecule has 1 aliphatic heterocycles. The van der Waals surface area contributed by atoms with Crippen molar-refractivity contribution in [2.75, 3.05) is 6.61 Å². The molecule has 74 valence electrons. The van der Waals surface area contributed by atoms with Crippen LogP contribution in [0.5, 0.6) is 0 Å². The number of nitrogens with zero attached hydrogens (tertiary/aromatic N) is 2. The van der Waals surface area contributed by atoms with Gasteiger partial charge in [-0.1, -0.05) is 0 Å². The predicted octanol–water partition coefficient (Wildman–Crippen LogP) is 2.45. The van der Waals surface area contributed by atoms with Crippen molar-refractivity contribution in [1.29, 1.82) is 5.26 Å². The molecule has 1 aromatic heterocycles. The van der Waals surface area contributed by atoms with Crippen molar-refractivity contribution in [3.63, 3.8) is 0 Å². The van der Waals surface area contributed by atoms with Crippen LogP contribution >= 0.6 is 11.3 Å². The minimum atomic E-state index is 0.218. The van der Waals surface area contributed by atoms with E-state index in [4.69, 9.17) is 10.00 Å². The molecule has 0 spiro atoms. The molecule has 0 amide bonds. The number of hydrogen-bond acceptors (Lipinski definition) is 4. The van der Waals surface area contributed by atoms with Gasteiger partial charge in [0.15, 0.2) is 0 Å². The van der Waals surface area contributed by atoms with Crippen LogP contribution in [0, 0.1) is 11.3 Å². The van der Waals surface area contributed by atoms with Crippen molar-refractivity contribution in [3.8, 4) is 6.07 Å². The zero-order valence-corrected chi connectivity index (χ0v) is 8.72. The van der Waals surface area contributed by atoms with Gasteiger partial charge in [0, 0.05) is 24.8 Å². The number of aromatic nitrogens is 1. The average Bonchev–Trinajstić information content (AvgIpc) is 2.85. The highest BCUT2D eigenvalue weighted by Crippen LogP contribution is 2.30. The van der Waals surface area contributed by atoms with Gasteiger partial charge in [-0.2, -0.15) is 5.26 Å². The van der Waals surface area contributed by atoms with E-state index in [-0.39, 0.29) is 6.10 Å². The smallest absolute Gasteiger partial charge is 0.122 e. The van der Waals surface area contributed by atoms with Gasteiger partial charge in [-0.3, -0.25) is 0 Å². The quantitative estimate of drug-likeness (QED) is 0.766. The topological polar surface area (TPSA) is 45.9 Å². The molecule has 4 heteroatoms. The van der Waals surface area contributed by atoms with Crippen LogP contribution < -0.4 is 0 Å². The van der Waals surface area contributed by atoms with Crippen molar-refractivity contribution in [2.45, 2.75) is 31.8 Å². The maximum atomic E-state index is 8.45. The Hall–Kier alpha value is -0.920. The fourth-order valence-electron chi connectivity index (χ4n) is 1.54. The molecule has 0 aliphatic carbocycles. The first kappa shape index (κ1) is 9.63. The molecule has 1 saturated heterocycles. The molecular formula is C10H12N2OS. The normalized spacial score (nSPS) is 20.9. The maximum absolute atomic E-state index is 8.45. The van der Waals surface area contributed by atoms with Gasteiger partial charge in [-0.05, 0) is 12.8 Å². The minimum absolute atomic E-state index is 0.218. The molecule has 0 radical (unpaired) electrons. The Morgan fingerprint density at radius 2 is 2.64 bits per heavy atom. The van der Waals surface area contributed by atoms with E-state index in [0.29, 0.717) is 6.42 Å². The van der Waals surface area contributed by atoms with Crippen LogP contribution in [0.4, 0.5) is 0 Å². The molecule has 14 heavy (non-hydrogen) atoms. The third kappa shape index (κ3) is 2.11. The Bertz CT molecular complexity index is 336. The van der Waals surface area contributed by atoms with E-state index in [1.54, 1.807) is 11.3 Å². The summed E-state index contributed by atoms with van der Waals surface area (Å²) in [7, 11) is 0. The second kappa shape index (κ2) is 4.54. The van der Waals surface area contributed by atoms with Crippen molar-refractivity contribution >= 4 is 11.3 Å². The van der Waals surface area contributed by atoms with Crippen molar-refractivity contribution in [3.05, 3.63) is 16.1 Å². The maximum Gasteiger partial charge on any atom is 0.122 e. The number of ether oxygens (including phenoxy) is 1. The lowest BCUT2D eigenvalue weighted by Gasteiger charge is -2.03. The van der Waals surface area contributed by atoms with Crippen molar-refractivity contribution in [2.24, 2.45) is 0 Å². The van der Waals surface area contributed by atoms with Gasteiger partial charge in [-0.25, -0.2) is 4.98 Å². The van der Waals surface area contributed by atoms with Crippen LogP contribution in [0.3, 0.4) is 0 Å². The predicted molar refractivity (Wildman–Crippen MR) is 54.0 cm³/mol. The molecule has 2 rings (SSSR count). The molecule has 1 aliphatic rings. The Labute approximate surface area is 87.3 Å². The third-order valence-corrected chi connectivity index (χ3v) is 3.25. The second-order valence-corrected chi connectivity index (χ2v) is 4.23. The summed E-state index contributed by atoms with van der Waals surface area (Å²) >= 11 is 1.65. The largest absolute Gasteiger partial charge is 0.371 e. The van der Waals surface area contributed by atoms with E-state index in [1.807, 2.05) is 5.38 Å². The molecule has 1 aromatic rings. The van der Waals surface area contributed by atoms with Gasteiger partial charge in [0.05, 0.1) is 11.8 Å². The lowest BCUT2D eigenvalue weighted by atomic mass is 10.2. The van der Waals surface area contributed by atoms with Crippen LogP contribution in [-0.2, 0) is 11.2 Å². The summed E-state index contributed by atoms with van der Waals surface area (Å²) in [5, 5.41) is 11.6. The van der Waals surface area contributed by atoms with E-state index in [2.05, 4.69) is 11.1 Å². The molecular weight excluding hydrogens is 196 g/mol. The van der Waals surface area contributed by atoms with Gasteiger partial charge < -0.3 is 4.74 Å². The summed E-state index contributed by atoms with van der Waals surface area (Å²) in [6.07, 6.45) is 3.76. The van der Waals surface area contributed by atoms with Crippen LogP contribution in [0.2, 0.25) is 0 Å². The standard InChI is InChI=1S/C10H12N2OS/c11-5-1-3-8-7-14-10(12-8)9-4-2-6-13-9/h7,9H,1-4,6H2. The first-order valence-electron chi connectivity index (χ1n) is 4.83. The molecule has 3 nitrogen and oxygen atoms in total. The highest BCUT2D eigenvalue weighted by molar-refractivity contribution is 7.09. The highest BCUT2D eigenvalue weighted by Gasteiger charge is 2.20. The van der Waals surface area contributed by atoms with Crippen LogP contribution in [0.15, 0.2) is 5.38 Å². The molecule has 0 saturated carbocycles. The van der Waals surface area contributed by atoms with Crippen LogP contribution in [-0.4, -0.2) is 11.6 Å². The van der Waals surface area contributed by atoms with Gasteiger partial charge >= 0.3 is 0 Å². The molecule has 1 unspecified atom stereocenters. The summed E-state index contributed by atoms with van der Waals surface area (Å²) in [6, 6.07) is 2.13. The van der Waals surface area contributed by atoms with Crippen molar-refractivity contribution < 1.29 is 4.74 Å². The molecule has 1 fully saturated rings. The Kier molecular flexibility index (Phi) is 3.12. The summed E-state index contributed by atoms with van der Waals surface area (Å²) in [4.78, 5) is 4.47. The third-order valence-electron chi connectivity index (χ3n) is 2.27. The zero-order valence-electron chi connectivity index (χ0n) is 7.90. The number of thiazole rings is 1. The van der Waals surface area contributed by atoms with E-state index in [9.17, 15) is 0 Å². The monoisotopic (exact) mass is 208 g/mol. The first-order chi connectivity index (χ1) is 6.90. The second-order valence-electron chi connectivity index (χ2n) is 3.34. The van der Waals surface area contributed by atoms with E-state index < -0.39 is 0 Å². The molecule has 1 atom stereocenters. The van der Waals surface area contributed by atoms with Gasteiger partial charge in [0.1, 0.15) is 11.1 Å². The lowest BCUT2D eigenvalue weighted by Crippen LogP contribution is -1.95. The Morgan fingerprint density at radius 1 is 1.71 bits per heavy atom.